The lowest BCUT2D eigenvalue weighted by Crippen LogP contribution is -2.50. The number of carbonyl (C=O) groups is 1. The van der Waals surface area contributed by atoms with Crippen molar-refractivity contribution in [3.8, 4) is 0 Å². The molecule has 1 saturated heterocycles. The lowest BCUT2D eigenvalue weighted by Gasteiger charge is -2.32. The second-order valence-corrected chi connectivity index (χ2v) is 6.02. The second-order valence-electron chi connectivity index (χ2n) is 5.59. The number of hydrogen-bond acceptors (Lipinski definition) is 3. The molecule has 0 spiro atoms. The summed E-state index contributed by atoms with van der Waals surface area (Å²) >= 11 is 5.90. The number of nitrogens with zero attached hydrogens (tertiary/aromatic N) is 2. The van der Waals surface area contributed by atoms with Gasteiger partial charge >= 0.3 is 6.03 Å². The molecule has 2 rings (SSSR count). The van der Waals surface area contributed by atoms with Gasteiger partial charge in [-0.1, -0.05) is 30.7 Å². The standard InChI is InChI=1S/C16H22ClN5O/c1-2-14(18)22(10-11-5-7-12(17)8-6-11)15(19)13-4-3-9-21(13)16(20)23/h5-8,13,18-19H,2-4,9-10H2,1H3,(H2,20,23)/t13-/m1/s1. The van der Waals surface area contributed by atoms with Gasteiger partial charge in [0.25, 0.3) is 0 Å². The Morgan fingerprint density at radius 3 is 2.61 bits per heavy atom. The predicted octanol–water partition coefficient (Wildman–Crippen LogP) is 3.05. The molecule has 1 aliphatic heterocycles. The lowest BCUT2D eigenvalue weighted by atomic mass is 10.1. The summed E-state index contributed by atoms with van der Waals surface area (Å²) in [5.41, 5.74) is 6.37. The fourth-order valence-corrected chi connectivity index (χ4v) is 2.91. The molecule has 0 unspecified atom stereocenters. The van der Waals surface area contributed by atoms with Gasteiger partial charge < -0.3 is 15.5 Å². The molecule has 23 heavy (non-hydrogen) atoms. The van der Waals surface area contributed by atoms with Gasteiger partial charge in [-0.3, -0.25) is 10.8 Å². The molecule has 0 radical (unpaired) electrons. The Hall–Kier alpha value is -2.08. The molecule has 1 aliphatic rings. The number of primary amides is 1. The second kappa shape index (κ2) is 7.46. The van der Waals surface area contributed by atoms with E-state index < -0.39 is 6.03 Å². The normalized spacial score (nSPS) is 17.1. The molecule has 124 valence electrons. The zero-order valence-electron chi connectivity index (χ0n) is 13.2. The Balaban J connectivity index is 2.20. The number of urea groups is 1. The van der Waals surface area contributed by atoms with Gasteiger partial charge in [0.1, 0.15) is 11.7 Å². The topological polar surface area (TPSA) is 97.3 Å². The van der Waals surface area contributed by atoms with Crippen LogP contribution in [0.3, 0.4) is 0 Å². The minimum atomic E-state index is -0.508. The first-order valence-electron chi connectivity index (χ1n) is 7.68. The van der Waals surface area contributed by atoms with Gasteiger partial charge in [0.05, 0.1) is 12.6 Å². The Morgan fingerprint density at radius 1 is 1.39 bits per heavy atom. The monoisotopic (exact) mass is 335 g/mol. The van der Waals surface area contributed by atoms with Crippen LogP contribution in [-0.4, -0.2) is 40.1 Å². The number of carbonyl (C=O) groups excluding carboxylic acids is 1. The van der Waals surface area contributed by atoms with Crippen molar-refractivity contribution in [1.29, 1.82) is 10.8 Å². The van der Waals surface area contributed by atoms with Crippen LogP contribution in [0, 0.1) is 10.8 Å². The van der Waals surface area contributed by atoms with Crippen molar-refractivity contribution in [2.24, 2.45) is 5.73 Å². The van der Waals surface area contributed by atoms with E-state index in [1.807, 2.05) is 19.1 Å². The summed E-state index contributed by atoms with van der Waals surface area (Å²) in [6.45, 7) is 2.85. The van der Waals surface area contributed by atoms with E-state index in [1.165, 1.54) is 4.90 Å². The quantitative estimate of drug-likeness (QED) is 0.582. The van der Waals surface area contributed by atoms with Crippen LogP contribution in [0.1, 0.15) is 31.7 Å². The maximum absolute atomic E-state index is 11.5. The van der Waals surface area contributed by atoms with Gasteiger partial charge in [-0.25, -0.2) is 4.79 Å². The number of nitrogens with two attached hydrogens (primary N) is 1. The minimum absolute atomic E-state index is 0.253. The number of rotatable bonds is 4. The van der Waals surface area contributed by atoms with E-state index in [2.05, 4.69) is 0 Å². The summed E-state index contributed by atoms with van der Waals surface area (Å²) in [5, 5.41) is 17.3. The molecule has 1 fully saturated rings. The van der Waals surface area contributed by atoms with Crippen molar-refractivity contribution in [3.63, 3.8) is 0 Å². The fourth-order valence-electron chi connectivity index (χ4n) is 2.78. The van der Waals surface area contributed by atoms with Crippen molar-refractivity contribution >= 4 is 29.3 Å². The van der Waals surface area contributed by atoms with Crippen molar-refractivity contribution in [2.45, 2.75) is 38.8 Å². The molecule has 4 N–H and O–H groups in total. The minimum Gasteiger partial charge on any atom is -0.351 e. The smallest absolute Gasteiger partial charge is 0.315 e. The van der Waals surface area contributed by atoms with Gasteiger partial charge in [-0.2, -0.15) is 0 Å². The van der Waals surface area contributed by atoms with E-state index in [1.54, 1.807) is 17.0 Å². The van der Waals surface area contributed by atoms with Crippen LogP contribution in [0.15, 0.2) is 24.3 Å². The van der Waals surface area contributed by atoms with Crippen molar-refractivity contribution in [2.75, 3.05) is 6.54 Å². The molecular weight excluding hydrogens is 314 g/mol. The molecule has 1 aromatic rings. The summed E-state index contributed by atoms with van der Waals surface area (Å²) in [6, 6.07) is 6.48. The van der Waals surface area contributed by atoms with E-state index >= 15 is 0 Å². The number of likely N-dealkylation sites (tertiary alicyclic amines) is 1. The third-order valence-electron chi connectivity index (χ3n) is 4.06. The average Bonchev–Trinajstić information content (AvgIpc) is 3.03. The summed E-state index contributed by atoms with van der Waals surface area (Å²) in [5.74, 6) is 0.601. The van der Waals surface area contributed by atoms with Gasteiger partial charge in [0.15, 0.2) is 0 Å². The summed E-state index contributed by atoms with van der Waals surface area (Å²) < 4.78 is 0. The number of amides is 2. The first-order valence-corrected chi connectivity index (χ1v) is 8.05. The SMILES string of the molecule is CCC(=N)N(Cc1ccc(Cl)cc1)C(=N)[C@H]1CCCN1C(N)=O. The summed E-state index contributed by atoms with van der Waals surface area (Å²) in [6.07, 6.45) is 2.04. The lowest BCUT2D eigenvalue weighted by molar-refractivity contribution is 0.210. The number of hydrogen-bond donors (Lipinski definition) is 3. The number of amidine groups is 2. The number of nitrogens with one attached hydrogen (secondary N) is 2. The van der Waals surface area contributed by atoms with E-state index in [9.17, 15) is 4.79 Å². The molecule has 2 amide bonds. The number of benzene rings is 1. The van der Waals surface area contributed by atoms with Crippen LogP contribution < -0.4 is 5.73 Å². The van der Waals surface area contributed by atoms with E-state index in [0.717, 1.165) is 12.0 Å². The van der Waals surface area contributed by atoms with Crippen LogP contribution in [-0.2, 0) is 6.54 Å². The van der Waals surface area contributed by atoms with E-state index in [4.69, 9.17) is 28.2 Å². The Labute approximate surface area is 141 Å². The van der Waals surface area contributed by atoms with Crippen molar-refractivity contribution < 1.29 is 4.79 Å². The third kappa shape index (κ3) is 4.01. The largest absolute Gasteiger partial charge is 0.351 e. The molecular formula is C16H22ClN5O. The molecule has 0 saturated carbocycles. The highest BCUT2D eigenvalue weighted by atomic mass is 35.5. The van der Waals surface area contributed by atoms with Crippen LogP contribution in [0.2, 0.25) is 5.02 Å². The van der Waals surface area contributed by atoms with E-state index in [-0.39, 0.29) is 11.9 Å². The van der Waals surface area contributed by atoms with Crippen LogP contribution >= 0.6 is 11.6 Å². The molecule has 1 aromatic carbocycles. The molecule has 1 heterocycles. The Bertz CT molecular complexity index is 601. The molecule has 7 heteroatoms. The van der Waals surface area contributed by atoms with Gasteiger partial charge in [-0.15, -0.1) is 0 Å². The molecule has 1 atom stereocenters. The first-order chi connectivity index (χ1) is 10.9. The van der Waals surface area contributed by atoms with Gasteiger partial charge in [0, 0.05) is 18.0 Å². The molecule has 0 aromatic heterocycles. The first kappa shape index (κ1) is 17.3. The highest BCUT2D eigenvalue weighted by molar-refractivity contribution is 6.30. The summed E-state index contributed by atoms with van der Waals surface area (Å²) in [7, 11) is 0. The predicted molar refractivity (Wildman–Crippen MR) is 92.1 cm³/mol. The van der Waals surface area contributed by atoms with Crippen molar-refractivity contribution in [3.05, 3.63) is 34.9 Å². The van der Waals surface area contributed by atoms with Gasteiger partial charge in [0.2, 0.25) is 0 Å². The maximum Gasteiger partial charge on any atom is 0.315 e. The van der Waals surface area contributed by atoms with Crippen molar-refractivity contribution in [1.82, 2.24) is 9.80 Å². The van der Waals surface area contributed by atoms with Crippen LogP contribution in [0.25, 0.3) is 0 Å². The fraction of sp³-hybridized carbons (Fsp3) is 0.438. The third-order valence-corrected chi connectivity index (χ3v) is 4.31. The van der Waals surface area contributed by atoms with E-state index in [0.29, 0.717) is 36.8 Å². The number of halogens is 1. The highest BCUT2D eigenvalue weighted by Gasteiger charge is 2.34. The zero-order chi connectivity index (χ0) is 17.0. The maximum atomic E-state index is 11.5. The zero-order valence-corrected chi connectivity index (χ0v) is 13.9. The Kier molecular flexibility index (Phi) is 5.60. The average molecular weight is 336 g/mol. The highest BCUT2D eigenvalue weighted by Crippen LogP contribution is 2.21. The van der Waals surface area contributed by atoms with Crippen LogP contribution in [0.5, 0.6) is 0 Å². The van der Waals surface area contributed by atoms with Crippen LogP contribution in [0.4, 0.5) is 4.79 Å². The summed E-state index contributed by atoms with van der Waals surface area (Å²) in [4.78, 5) is 14.7. The van der Waals surface area contributed by atoms with Gasteiger partial charge in [-0.05, 0) is 30.5 Å². The Morgan fingerprint density at radius 2 is 2.04 bits per heavy atom. The molecule has 6 nitrogen and oxygen atoms in total. The molecule has 0 bridgehead atoms. The molecule has 0 aliphatic carbocycles.